The molecule has 0 unspecified atom stereocenters. The molecule has 1 aromatic carbocycles. The maximum absolute atomic E-state index is 5.44. The van der Waals surface area contributed by atoms with Gasteiger partial charge in [0.2, 0.25) is 0 Å². The largest absolute Gasteiger partial charge is 0.384 e. The highest BCUT2D eigenvalue weighted by atomic mass is 16.5. The molecule has 1 aliphatic heterocycles. The normalized spacial score (nSPS) is 22.4. The Labute approximate surface area is 115 Å². The molecule has 0 radical (unpaired) electrons. The fourth-order valence-electron chi connectivity index (χ4n) is 3.20. The Hall–Kier alpha value is -0.900. The van der Waals surface area contributed by atoms with E-state index in [-0.39, 0.29) is 0 Å². The SMILES string of the molecule is COCC1(c2ccccc2CN2CCNCC2)CC1. The van der Waals surface area contributed by atoms with Crippen molar-refractivity contribution in [3.8, 4) is 0 Å². The molecule has 0 aromatic heterocycles. The molecule has 1 aromatic rings. The minimum absolute atomic E-state index is 0.319. The molecular formula is C16H24N2O. The fraction of sp³-hybridized carbons (Fsp3) is 0.625. The van der Waals surface area contributed by atoms with E-state index in [1.807, 2.05) is 7.11 Å². The molecule has 1 saturated heterocycles. The minimum atomic E-state index is 0.319. The van der Waals surface area contributed by atoms with Gasteiger partial charge in [-0.2, -0.15) is 0 Å². The molecule has 3 rings (SSSR count). The summed E-state index contributed by atoms with van der Waals surface area (Å²) in [6.07, 6.45) is 2.55. The van der Waals surface area contributed by atoms with Gasteiger partial charge in [0.25, 0.3) is 0 Å². The molecule has 0 bridgehead atoms. The van der Waals surface area contributed by atoms with Gasteiger partial charge in [-0.15, -0.1) is 0 Å². The van der Waals surface area contributed by atoms with E-state index in [1.54, 1.807) is 0 Å². The lowest BCUT2D eigenvalue weighted by Gasteiger charge is -2.29. The Morgan fingerprint density at radius 2 is 1.95 bits per heavy atom. The summed E-state index contributed by atoms with van der Waals surface area (Å²) in [4.78, 5) is 2.55. The molecule has 0 atom stereocenters. The first kappa shape index (κ1) is 13.1. The highest BCUT2D eigenvalue weighted by Gasteiger charge is 2.45. The van der Waals surface area contributed by atoms with Gasteiger partial charge in [-0.25, -0.2) is 0 Å². The zero-order chi connectivity index (χ0) is 13.1. The zero-order valence-corrected chi connectivity index (χ0v) is 11.8. The number of hydrogen-bond donors (Lipinski definition) is 1. The minimum Gasteiger partial charge on any atom is -0.384 e. The van der Waals surface area contributed by atoms with Crippen molar-refractivity contribution in [2.75, 3.05) is 39.9 Å². The van der Waals surface area contributed by atoms with Gasteiger partial charge in [0.15, 0.2) is 0 Å². The van der Waals surface area contributed by atoms with Crippen LogP contribution < -0.4 is 5.32 Å². The highest BCUT2D eigenvalue weighted by molar-refractivity contribution is 5.38. The molecule has 104 valence electrons. The molecule has 0 amide bonds. The van der Waals surface area contributed by atoms with Crippen LogP contribution in [0.1, 0.15) is 24.0 Å². The number of benzene rings is 1. The Morgan fingerprint density at radius 3 is 2.63 bits per heavy atom. The van der Waals surface area contributed by atoms with E-state index in [4.69, 9.17) is 4.74 Å². The van der Waals surface area contributed by atoms with E-state index in [0.29, 0.717) is 5.41 Å². The molecule has 1 saturated carbocycles. The van der Waals surface area contributed by atoms with Crippen molar-refractivity contribution >= 4 is 0 Å². The molecule has 2 fully saturated rings. The van der Waals surface area contributed by atoms with Crippen molar-refractivity contribution in [2.24, 2.45) is 0 Å². The monoisotopic (exact) mass is 260 g/mol. The smallest absolute Gasteiger partial charge is 0.0559 e. The van der Waals surface area contributed by atoms with Gasteiger partial charge in [0.05, 0.1) is 6.61 Å². The summed E-state index contributed by atoms with van der Waals surface area (Å²) >= 11 is 0. The number of methoxy groups -OCH3 is 1. The van der Waals surface area contributed by atoms with Crippen molar-refractivity contribution in [2.45, 2.75) is 24.8 Å². The summed E-state index contributed by atoms with van der Waals surface area (Å²) in [6.45, 7) is 6.50. The third-order valence-electron chi connectivity index (χ3n) is 4.47. The van der Waals surface area contributed by atoms with Gasteiger partial charge >= 0.3 is 0 Å². The first-order chi connectivity index (χ1) is 9.34. The predicted octanol–water partition coefficient (Wildman–Crippen LogP) is 1.77. The maximum atomic E-state index is 5.44. The van der Waals surface area contributed by atoms with Gasteiger partial charge in [-0.1, -0.05) is 24.3 Å². The van der Waals surface area contributed by atoms with Crippen LogP contribution in [-0.2, 0) is 16.7 Å². The van der Waals surface area contributed by atoms with E-state index < -0.39 is 0 Å². The Kier molecular flexibility index (Phi) is 3.87. The van der Waals surface area contributed by atoms with Gasteiger partial charge in [-0.3, -0.25) is 4.90 Å². The summed E-state index contributed by atoms with van der Waals surface area (Å²) in [5, 5.41) is 3.42. The van der Waals surface area contributed by atoms with Gasteiger partial charge in [0, 0.05) is 45.2 Å². The number of nitrogens with zero attached hydrogens (tertiary/aromatic N) is 1. The summed E-state index contributed by atoms with van der Waals surface area (Å²) in [5.74, 6) is 0. The third-order valence-corrected chi connectivity index (χ3v) is 4.47. The topological polar surface area (TPSA) is 24.5 Å². The second-order valence-electron chi connectivity index (χ2n) is 5.90. The van der Waals surface area contributed by atoms with Crippen molar-refractivity contribution in [3.05, 3.63) is 35.4 Å². The van der Waals surface area contributed by atoms with Crippen LogP contribution in [0.25, 0.3) is 0 Å². The molecule has 1 N–H and O–H groups in total. The molecule has 19 heavy (non-hydrogen) atoms. The Balaban J connectivity index is 1.77. The zero-order valence-electron chi connectivity index (χ0n) is 11.8. The van der Waals surface area contributed by atoms with Crippen LogP contribution in [0.15, 0.2) is 24.3 Å². The van der Waals surface area contributed by atoms with Crippen molar-refractivity contribution in [1.29, 1.82) is 0 Å². The van der Waals surface area contributed by atoms with Crippen LogP contribution in [0.5, 0.6) is 0 Å². The van der Waals surface area contributed by atoms with E-state index in [2.05, 4.69) is 34.5 Å². The average Bonchev–Trinajstić information content (AvgIpc) is 3.22. The van der Waals surface area contributed by atoms with Crippen LogP contribution in [0.2, 0.25) is 0 Å². The highest BCUT2D eigenvalue weighted by Crippen LogP contribution is 2.49. The molecule has 1 heterocycles. The fourth-order valence-corrected chi connectivity index (χ4v) is 3.20. The van der Waals surface area contributed by atoms with Crippen molar-refractivity contribution in [1.82, 2.24) is 10.2 Å². The molecule has 2 aliphatic rings. The lowest BCUT2D eigenvalue weighted by atomic mass is 9.91. The predicted molar refractivity (Wildman–Crippen MR) is 77.4 cm³/mol. The number of ether oxygens (including phenoxy) is 1. The Morgan fingerprint density at radius 1 is 1.21 bits per heavy atom. The molecular weight excluding hydrogens is 236 g/mol. The number of nitrogens with one attached hydrogen (secondary N) is 1. The lowest BCUT2D eigenvalue weighted by Crippen LogP contribution is -2.43. The lowest BCUT2D eigenvalue weighted by molar-refractivity contribution is 0.170. The van der Waals surface area contributed by atoms with E-state index in [0.717, 1.165) is 39.3 Å². The molecule has 0 spiro atoms. The standard InChI is InChI=1S/C16H24N2O/c1-19-13-16(6-7-16)15-5-3-2-4-14(15)12-18-10-8-17-9-11-18/h2-5,17H,6-13H2,1H3. The van der Waals surface area contributed by atoms with E-state index >= 15 is 0 Å². The summed E-state index contributed by atoms with van der Waals surface area (Å²) in [5.41, 5.74) is 3.34. The summed E-state index contributed by atoms with van der Waals surface area (Å²) in [7, 11) is 1.82. The maximum Gasteiger partial charge on any atom is 0.0559 e. The number of piperazine rings is 1. The number of hydrogen-bond acceptors (Lipinski definition) is 3. The second-order valence-corrected chi connectivity index (χ2v) is 5.90. The van der Waals surface area contributed by atoms with Crippen LogP contribution in [0, 0.1) is 0 Å². The quantitative estimate of drug-likeness (QED) is 0.873. The van der Waals surface area contributed by atoms with Crippen molar-refractivity contribution in [3.63, 3.8) is 0 Å². The van der Waals surface area contributed by atoms with Gasteiger partial charge < -0.3 is 10.1 Å². The summed E-state index contributed by atoms with van der Waals surface area (Å²) in [6, 6.07) is 8.95. The van der Waals surface area contributed by atoms with Crippen LogP contribution >= 0.6 is 0 Å². The Bertz CT molecular complexity index is 423. The molecule has 3 nitrogen and oxygen atoms in total. The first-order valence-corrected chi connectivity index (χ1v) is 7.34. The molecule has 1 aliphatic carbocycles. The van der Waals surface area contributed by atoms with E-state index in [1.165, 1.54) is 24.0 Å². The third kappa shape index (κ3) is 2.83. The van der Waals surface area contributed by atoms with Crippen molar-refractivity contribution < 1.29 is 4.74 Å². The van der Waals surface area contributed by atoms with E-state index in [9.17, 15) is 0 Å². The summed E-state index contributed by atoms with van der Waals surface area (Å²) < 4.78 is 5.44. The first-order valence-electron chi connectivity index (χ1n) is 7.34. The van der Waals surface area contributed by atoms with Gasteiger partial charge in [0.1, 0.15) is 0 Å². The van der Waals surface area contributed by atoms with Crippen LogP contribution in [0.3, 0.4) is 0 Å². The van der Waals surface area contributed by atoms with Crippen LogP contribution in [0.4, 0.5) is 0 Å². The molecule has 3 heteroatoms. The average molecular weight is 260 g/mol. The second kappa shape index (κ2) is 5.61. The van der Waals surface area contributed by atoms with Crippen LogP contribution in [-0.4, -0.2) is 44.8 Å². The number of rotatable bonds is 5. The van der Waals surface area contributed by atoms with Gasteiger partial charge in [-0.05, 0) is 24.0 Å².